The first-order valence-electron chi connectivity index (χ1n) is 5.67. The molecular formula is C13H10N4O2. The molecule has 3 aromatic heterocycles. The highest BCUT2D eigenvalue weighted by atomic mass is 16.4. The van der Waals surface area contributed by atoms with E-state index in [1.54, 1.807) is 13.1 Å². The van der Waals surface area contributed by atoms with Crippen molar-refractivity contribution in [1.82, 2.24) is 19.9 Å². The fourth-order valence-corrected chi connectivity index (χ4v) is 1.93. The maximum absolute atomic E-state index is 11.0. The monoisotopic (exact) mass is 254 g/mol. The maximum atomic E-state index is 11.0. The third kappa shape index (κ3) is 1.93. The zero-order valence-electron chi connectivity index (χ0n) is 10.1. The zero-order chi connectivity index (χ0) is 13.4. The number of carboxylic acids is 1. The summed E-state index contributed by atoms with van der Waals surface area (Å²) in [4.78, 5) is 26.6. The minimum absolute atomic E-state index is 0.0899. The summed E-state index contributed by atoms with van der Waals surface area (Å²) in [5.74, 6) is -0.463. The van der Waals surface area contributed by atoms with Crippen molar-refractivity contribution in [2.45, 2.75) is 6.92 Å². The molecule has 2 N–H and O–H groups in total. The Labute approximate surface area is 108 Å². The number of carboxylic acid groups (broad SMARTS) is 1. The van der Waals surface area contributed by atoms with Gasteiger partial charge in [-0.05, 0) is 25.1 Å². The highest BCUT2D eigenvalue weighted by molar-refractivity contribution is 5.97. The Morgan fingerprint density at radius 3 is 2.84 bits per heavy atom. The second kappa shape index (κ2) is 4.16. The highest BCUT2D eigenvalue weighted by Gasteiger charge is 2.14. The lowest BCUT2D eigenvalue weighted by Gasteiger charge is -2.02. The fourth-order valence-electron chi connectivity index (χ4n) is 1.93. The van der Waals surface area contributed by atoms with Crippen molar-refractivity contribution < 1.29 is 9.90 Å². The molecule has 0 saturated heterocycles. The van der Waals surface area contributed by atoms with Crippen LogP contribution in [0.1, 0.15) is 16.3 Å². The molecular weight excluding hydrogens is 244 g/mol. The van der Waals surface area contributed by atoms with Crippen molar-refractivity contribution in [3.63, 3.8) is 0 Å². The Hall–Kier alpha value is -2.76. The quantitative estimate of drug-likeness (QED) is 0.730. The van der Waals surface area contributed by atoms with Crippen LogP contribution in [0.2, 0.25) is 0 Å². The van der Waals surface area contributed by atoms with E-state index >= 15 is 0 Å². The van der Waals surface area contributed by atoms with Gasteiger partial charge in [-0.1, -0.05) is 6.07 Å². The van der Waals surface area contributed by atoms with Crippen molar-refractivity contribution in [2.75, 3.05) is 0 Å². The van der Waals surface area contributed by atoms with Crippen LogP contribution in [0, 0.1) is 6.92 Å². The first-order valence-corrected chi connectivity index (χ1v) is 5.67. The molecule has 0 aliphatic rings. The van der Waals surface area contributed by atoms with E-state index in [2.05, 4.69) is 19.9 Å². The van der Waals surface area contributed by atoms with Gasteiger partial charge in [0.05, 0.1) is 5.69 Å². The summed E-state index contributed by atoms with van der Waals surface area (Å²) < 4.78 is 0. The predicted molar refractivity (Wildman–Crippen MR) is 68.8 cm³/mol. The van der Waals surface area contributed by atoms with Gasteiger partial charge in [0.25, 0.3) is 0 Å². The molecule has 19 heavy (non-hydrogen) atoms. The fraction of sp³-hybridized carbons (Fsp3) is 0.0769. The number of rotatable bonds is 2. The Morgan fingerprint density at radius 2 is 2.16 bits per heavy atom. The Bertz CT molecular complexity index is 765. The molecule has 0 bridgehead atoms. The number of H-pyrrole nitrogens is 1. The van der Waals surface area contributed by atoms with Crippen LogP contribution >= 0.6 is 0 Å². The molecule has 94 valence electrons. The molecule has 0 aliphatic heterocycles. The summed E-state index contributed by atoms with van der Waals surface area (Å²) in [6.07, 6.45) is 1.67. The lowest BCUT2D eigenvalue weighted by molar-refractivity contribution is 0.0691. The van der Waals surface area contributed by atoms with Crippen LogP contribution in [0.5, 0.6) is 0 Å². The van der Waals surface area contributed by atoms with E-state index in [4.69, 9.17) is 5.11 Å². The molecule has 0 atom stereocenters. The smallest absolute Gasteiger partial charge is 0.352 e. The number of fused-ring (bicyclic) bond motifs is 1. The third-order valence-corrected chi connectivity index (χ3v) is 2.74. The molecule has 0 saturated carbocycles. The average Bonchev–Trinajstić information content (AvgIpc) is 2.82. The normalized spacial score (nSPS) is 10.8. The molecule has 0 spiro atoms. The largest absolute Gasteiger partial charge is 0.477 e. The standard InChI is InChI=1S/C13H10N4O2/c1-7-15-11(9-4-2-3-5-14-9)8-6-10(13(18)19)17-12(8)16-7/h2-6H,1H3,(H,18,19)(H,15,16,17). The molecule has 0 aromatic carbocycles. The Morgan fingerprint density at radius 1 is 1.32 bits per heavy atom. The van der Waals surface area contributed by atoms with Crippen LogP contribution in [0.15, 0.2) is 30.5 Å². The van der Waals surface area contributed by atoms with Gasteiger partial charge in [0.1, 0.15) is 22.9 Å². The topological polar surface area (TPSA) is 91.8 Å². The molecule has 6 heteroatoms. The Kier molecular flexibility index (Phi) is 2.49. The number of nitrogens with one attached hydrogen (secondary N) is 1. The van der Waals surface area contributed by atoms with E-state index in [1.165, 1.54) is 6.07 Å². The molecule has 0 amide bonds. The van der Waals surface area contributed by atoms with E-state index < -0.39 is 5.97 Å². The van der Waals surface area contributed by atoms with Gasteiger partial charge < -0.3 is 10.1 Å². The van der Waals surface area contributed by atoms with Gasteiger partial charge in [-0.15, -0.1) is 0 Å². The van der Waals surface area contributed by atoms with Gasteiger partial charge in [0, 0.05) is 11.6 Å². The van der Waals surface area contributed by atoms with Crippen molar-refractivity contribution >= 4 is 17.0 Å². The van der Waals surface area contributed by atoms with Gasteiger partial charge in [-0.2, -0.15) is 0 Å². The summed E-state index contributed by atoms with van der Waals surface area (Å²) in [7, 11) is 0. The molecule has 3 rings (SSSR count). The summed E-state index contributed by atoms with van der Waals surface area (Å²) in [6.45, 7) is 1.76. The zero-order valence-corrected chi connectivity index (χ0v) is 10.1. The lowest BCUT2D eigenvalue weighted by atomic mass is 10.2. The van der Waals surface area contributed by atoms with Crippen LogP contribution in [0.4, 0.5) is 0 Å². The van der Waals surface area contributed by atoms with Gasteiger partial charge in [-0.3, -0.25) is 4.98 Å². The van der Waals surface area contributed by atoms with Gasteiger partial charge in [-0.25, -0.2) is 14.8 Å². The first kappa shape index (κ1) is 11.3. The first-order chi connectivity index (χ1) is 9.15. The predicted octanol–water partition coefficient (Wildman–Crippen LogP) is 2.03. The van der Waals surface area contributed by atoms with Crippen molar-refractivity contribution in [1.29, 1.82) is 0 Å². The summed E-state index contributed by atoms with van der Waals surface area (Å²) >= 11 is 0. The van der Waals surface area contributed by atoms with Gasteiger partial charge in [0.15, 0.2) is 0 Å². The van der Waals surface area contributed by atoms with E-state index in [-0.39, 0.29) is 5.69 Å². The van der Waals surface area contributed by atoms with E-state index in [9.17, 15) is 4.79 Å². The molecule has 3 aromatic rings. The van der Waals surface area contributed by atoms with Crippen LogP contribution in [0.3, 0.4) is 0 Å². The Balaban J connectivity index is 2.32. The van der Waals surface area contributed by atoms with Crippen LogP contribution in [-0.2, 0) is 0 Å². The highest BCUT2D eigenvalue weighted by Crippen LogP contribution is 2.25. The maximum Gasteiger partial charge on any atom is 0.352 e. The van der Waals surface area contributed by atoms with Crippen molar-refractivity contribution in [3.8, 4) is 11.4 Å². The molecule has 6 nitrogen and oxygen atoms in total. The van der Waals surface area contributed by atoms with E-state index in [0.29, 0.717) is 28.2 Å². The summed E-state index contributed by atoms with van der Waals surface area (Å²) in [5, 5.41) is 9.68. The molecule has 0 aliphatic carbocycles. The van der Waals surface area contributed by atoms with Crippen LogP contribution < -0.4 is 0 Å². The van der Waals surface area contributed by atoms with Gasteiger partial charge in [0.2, 0.25) is 0 Å². The number of nitrogens with zero attached hydrogens (tertiary/aromatic N) is 3. The number of carbonyl (C=O) groups is 1. The minimum atomic E-state index is -1.03. The molecule has 0 radical (unpaired) electrons. The van der Waals surface area contributed by atoms with Crippen molar-refractivity contribution in [2.24, 2.45) is 0 Å². The lowest BCUT2D eigenvalue weighted by Crippen LogP contribution is -1.95. The van der Waals surface area contributed by atoms with Crippen molar-refractivity contribution in [3.05, 3.63) is 42.0 Å². The average molecular weight is 254 g/mol. The molecule has 0 unspecified atom stereocenters. The number of pyridine rings is 1. The number of aryl methyl sites for hydroxylation is 1. The number of aromatic amines is 1. The second-order valence-electron chi connectivity index (χ2n) is 4.08. The van der Waals surface area contributed by atoms with Gasteiger partial charge >= 0.3 is 5.97 Å². The number of hydrogen-bond donors (Lipinski definition) is 2. The molecule has 0 fully saturated rings. The second-order valence-corrected chi connectivity index (χ2v) is 4.08. The SMILES string of the molecule is Cc1nc(-c2ccccn2)c2cc(C(=O)O)[nH]c2n1. The summed E-state index contributed by atoms with van der Waals surface area (Å²) in [6, 6.07) is 7.03. The van der Waals surface area contributed by atoms with E-state index in [0.717, 1.165) is 0 Å². The van der Waals surface area contributed by atoms with Crippen LogP contribution in [-0.4, -0.2) is 31.0 Å². The minimum Gasteiger partial charge on any atom is -0.477 e. The number of aromatic carboxylic acids is 1. The van der Waals surface area contributed by atoms with E-state index in [1.807, 2.05) is 18.2 Å². The number of aromatic nitrogens is 4. The van der Waals surface area contributed by atoms with Crippen LogP contribution in [0.25, 0.3) is 22.4 Å². The summed E-state index contributed by atoms with van der Waals surface area (Å²) in [5.41, 5.74) is 1.92. The number of hydrogen-bond acceptors (Lipinski definition) is 4. The molecule has 3 heterocycles. The third-order valence-electron chi connectivity index (χ3n) is 2.74.